The van der Waals surface area contributed by atoms with Crippen LogP contribution in [0.4, 0.5) is 0 Å². The molecule has 0 aromatic rings. The summed E-state index contributed by atoms with van der Waals surface area (Å²) in [4.78, 5) is 39.4. The van der Waals surface area contributed by atoms with Gasteiger partial charge in [0.05, 0.1) is 0 Å². The Balaban J connectivity index is -0.000000256. The van der Waals surface area contributed by atoms with E-state index in [1.807, 2.05) is 0 Å². The summed E-state index contributed by atoms with van der Waals surface area (Å²) in [6.45, 7) is 2.44. The summed E-state index contributed by atoms with van der Waals surface area (Å²) >= 11 is 0. The van der Waals surface area contributed by atoms with Crippen molar-refractivity contribution in [3.05, 3.63) is 23.3 Å². The second kappa shape index (κ2) is 11.3. The second-order valence-corrected chi connectivity index (χ2v) is 2.94. The second-order valence-electron chi connectivity index (χ2n) is 2.94. The molecule has 0 spiro atoms. The standard InChI is InChI=1S/2C5H6O4.Zr/c2*1-3(5(8)9)2-4(6)7;/h2*2H,1H3,(H,6,7)(H,8,9);/b2*3-2+;. The fourth-order valence-electron chi connectivity index (χ4n) is 0.494. The van der Waals surface area contributed by atoms with Gasteiger partial charge in [-0.3, -0.25) is 0 Å². The Morgan fingerprint density at radius 2 is 0.895 bits per heavy atom. The minimum Gasteiger partial charge on any atom is -0.478 e. The zero-order chi connectivity index (χ0) is 14.9. The van der Waals surface area contributed by atoms with Crippen LogP contribution in [0.2, 0.25) is 0 Å². The van der Waals surface area contributed by atoms with Crippen molar-refractivity contribution in [3.63, 3.8) is 0 Å². The summed E-state index contributed by atoms with van der Waals surface area (Å²) in [6.07, 6.45) is 1.28. The van der Waals surface area contributed by atoms with Gasteiger partial charge >= 0.3 is 23.9 Å². The van der Waals surface area contributed by atoms with Crippen molar-refractivity contribution >= 4 is 23.9 Å². The van der Waals surface area contributed by atoms with Crippen molar-refractivity contribution in [1.29, 1.82) is 0 Å². The molecule has 0 aromatic heterocycles. The van der Waals surface area contributed by atoms with Gasteiger partial charge in [0.1, 0.15) is 0 Å². The van der Waals surface area contributed by atoms with Crippen molar-refractivity contribution in [2.75, 3.05) is 0 Å². The molecular formula is C10H12O8Zr. The molecule has 0 saturated carbocycles. The Hall–Kier alpha value is -1.76. The van der Waals surface area contributed by atoms with Crippen LogP contribution >= 0.6 is 0 Å². The molecule has 0 bridgehead atoms. The van der Waals surface area contributed by atoms with Crippen LogP contribution in [0.1, 0.15) is 13.8 Å². The summed E-state index contributed by atoms with van der Waals surface area (Å²) in [7, 11) is 0. The number of carboxylic acids is 4. The SMILES string of the molecule is C/C(=C\C(=O)O)C(=O)O.C/C(=C\C(=O)O)C(=O)O.[Zr]. The van der Waals surface area contributed by atoms with Crippen LogP contribution in [0, 0.1) is 0 Å². The maximum absolute atomic E-state index is 9.90. The molecule has 0 radical (unpaired) electrons. The number of carboxylic acid groups (broad SMARTS) is 4. The Bertz CT molecular complexity index is 381. The maximum Gasteiger partial charge on any atom is 0.331 e. The predicted octanol–water partition coefficient (Wildman–Crippen LogP) is 0.201. The van der Waals surface area contributed by atoms with Crippen molar-refractivity contribution in [3.8, 4) is 0 Å². The van der Waals surface area contributed by atoms with Crippen molar-refractivity contribution in [1.82, 2.24) is 0 Å². The number of hydrogen-bond donors (Lipinski definition) is 4. The first-order valence-electron chi connectivity index (χ1n) is 4.37. The van der Waals surface area contributed by atoms with E-state index in [0.29, 0.717) is 12.2 Å². The van der Waals surface area contributed by atoms with E-state index in [1.165, 1.54) is 13.8 Å². The molecule has 0 aromatic carbocycles. The molecule has 0 saturated heterocycles. The van der Waals surface area contributed by atoms with E-state index >= 15 is 0 Å². The third-order valence-corrected chi connectivity index (χ3v) is 1.35. The molecule has 0 heterocycles. The first kappa shape index (κ1) is 22.4. The minimum atomic E-state index is -1.24. The van der Waals surface area contributed by atoms with Crippen LogP contribution in [0.25, 0.3) is 0 Å². The largest absolute Gasteiger partial charge is 0.478 e. The van der Waals surface area contributed by atoms with Gasteiger partial charge in [0.25, 0.3) is 0 Å². The summed E-state index contributed by atoms with van der Waals surface area (Å²) in [5.41, 5.74) is -0.356. The van der Waals surface area contributed by atoms with Crippen molar-refractivity contribution < 1.29 is 65.8 Å². The van der Waals surface area contributed by atoms with Crippen LogP contribution in [-0.4, -0.2) is 44.3 Å². The van der Waals surface area contributed by atoms with E-state index < -0.39 is 23.9 Å². The van der Waals surface area contributed by atoms with Gasteiger partial charge in [-0.15, -0.1) is 0 Å². The monoisotopic (exact) mass is 350 g/mol. The molecule has 0 amide bonds. The van der Waals surface area contributed by atoms with Crippen LogP contribution < -0.4 is 0 Å². The first-order valence-corrected chi connectivity index (χ1v) is 4.37. The Labute approximate surface area is 127 Å². The van der Waals surface area contributed by atoms with E-state index in [2.05, 4.69) is 0 Å². The summed E-state index contributed by atoms with van der Waals surface area (Å²) in [6, 6.07) is 0. The van der Waals surface area contributed by atoms with Crippen molar-refractivity contribution in [2.24, 2.45) is 0 Å². The molecule has 0 unspecified atom stereocenters. The normalized spacial score (nSPS) is 10.4. The average molecular weight is 351 g/mol. The molecule has 0 aliphatic rings. The van der Waals surface area contributed by atoms with E-state index in [0.717, 1.165) is 0 Å². The van der Waals surface area contributed by atoms with E-state index in [-0.39, 0.29) is 37.3 Å². The maximum atomic E-state index is 9.90. The topological polar surface area (TPSA) is 149 Å². The van der Waals surface area contributed by atoms with E-state index in [1.54, 1.807) is 0 Å². The first-order chi connectivity index (χ1) is 8.07. The Kier molecular flexibility index (Phi) is 13.4. The van der Waals surface area contributed by atoms with Crippen LogP contribution in [0.15, 0.2) is 23.3 Å². The predicted molar refractivity (Wildman–Crippen MR) is 58.1 cm³/mol. The smallest absolute Gasteiger partial charge is 0.331 e. The van der Waals surface area contributed by atoms with Crippen LogP contribution in [0.3, 0.4) is 0 Å². The third kappa shape index (κ3) is 16.2. The number of carbonyl (C=O) groups is 4. The number of hydrogen-bond acceptors (Lipinski definition) is 4. The molecule has 0 rings (SSSR count). The molecule has 19 heavy (non-hydrogen) atoms. The molecule has 0 aliphatic carbocycles. The van der Waals surface area contributed by atoms with E-state index in [4.69, 9.17) is 20.4 Å². The molecular weight excluding hydrogens is 339 g/mol. The fraction of sp³-hybridized carbons (Fsp3) is 0.200. The van der Waals surface area contributed by atoms with Gasteiger partial charge in [-0.05, 0) is 13.8 Å². The quantitative estimate of drug-likeness (QED) is 0.525. The average Bonchev–Trinajstić information content (AvgIpc) is 2.16. The zero-order valence-electron chi connectivity index (χ0n) is 10.1. The Morgan fingerprint density at radius 3 is 0.947 bits per heavy atom. The fourth-order valence-corrected chi connectivity index (χ4v) is 0.494. The van der Waals surface area contributed by atoms with Crippen LogP contribution in [-0.2, 0) is 45.4 Å². The third-order valence-electron chi connectivity index (χ3n) is 1.35. The molecule has 0 atom stereocenters. The van der Waals surface area contributed by atoms with Gasteiger partial charge in [0.2, 0.25) is 0 Å². The van der Waals surface area contributed by atoms with Gasteiger partial charge < -0.3 is 20.4 Å². The van der Waals surface area contributed by atoms with Crippen molar-refractivity contribution in [2.45, 2.75) is 13.8 Å². The van der Waals surface area contributed by atoms with Gasteiger partial charge in [-0.25, -0.2) is 19.2 Å². The number of aliphatic carboxylic acids is 4. The number of rotatable bonds is 4. The molecule has 4 N–H and O–H groups in total. The van der Waals surface area contributed by atoms with Crippen LogP contribution in [0.5, 0.6) is 0 Å². The minimum absolute atomic E-state index is 0. The molecule has 9 heteroatoms. The summed E-state index contributed by atoms with van der Waals surface area (Å²) in [5, 5.41) is 32.2. The molecule has 104 valence electrons. The Morgan fingerprint density at radius 1 is 0.684 bits per heavy atom. The van der Waals surface area contributed by atoms with E-state index in [9.17, 15) is 19.2 Å². The van der Waals surface area contributed by atoms with Gasteiger partial charge in [0.15, 0.2) is 0 Å². The van der Waals surface area contributed by atoms with Gasteiger partial charge in [0, 0.05) is 49.5 Å². The van der Waals surface area contributed by atoms with Gasteiger partial charge in [-0.2, -0.15) is 0 Å². The van der Waals surface area contributed by atoms with Gasteiger partial charge in [-0.1, -0.05) is 0 Å². The molecule has 0 fully saturated rings. The molecule has 8 nitrogen and oxygen atoms in total. The summed E-state index contributed by atoms with van der Waals surface area (Å²) in [5.74, 6) is -4.90. The zero-order valence-corrected chi connectivity index (χ0v) is 12.5. The summed E-state index contributed by atoms with van der Waals surface area (Å²) < 4.78 is 0. The molecule has 0 aliphatic heterocycles.